The van der Waals surface area contributed by atoms with Gasteiger partial charge < -0.3 is 19.9 Å². The van der Waals surface area contributed by atoms with Crippen molar-refractivity contribution >= 4 is 11.6 Å². The number of methoxy groups -OCH3 is 1. The molecule has 0 unspecified atom stereocenters. The zero-order valence-electron chi connectivity index (χ0n) is 13.2. The topological polar surface area (TPSA) is 94.5 Å². The monoisotopic (exact) mass is 316 g/mol. The SMILES string of the molecule is COCc1noc([C@@H](C)N2CC[C@@H](C(N)=O)c3ccccc32)n1. The van der Waals surface area contributed by atoms with Gasteiger partial charge >= 0.3 is 0 Å². The Morgan fingerprint density at radius 2 is 2.30 bits per heavy atom. The molecule has 7 heteroatoms. The summed E-state index contributed by atoms with van der Waals surface area (Å²) in [7, 11) is 1.59. The van der Waals surface area contributed by atoms with E-state index in [1.54, 1.807) is 7.11 Å². The molecule has 1 aromatic carbocycles. The fourth-order valence-electron chi connectivity index (χ4n) is 3.04. The van der Waals surface area contributed by atoms with E-state index < -0.39 is 0 Å². The van der Waals surface area contributed by atoms with E-state index in [4.69, 9.17) is 15.0 Å². The second-order valence-electron chi connectivity index (χ2n) is 5.65. The van der Waals surface area contributed by atoms with Crippen LogP contribution >= 0.6 is 0 Å². The second-order valence-corrected chi connectivity index (χ2v) is 5.65. The van der Waals surface area contributed by atoms with Gasteiger partial charge in [0, 0.05) is 19.3 Å². The first kappa shape index (κ1) is 15.5. The smallest absolute Gasteiger partial charge is 0.249 e. The molecule has 2 heterocycles. The lowest BCUT2D eigenvalue weighted by atomic mass is 9.88. The Hall–Kier alpha value is -2.41. The summed E-state index contributed by atoms with van der Waals surface area (Å²) in [4.78, 5) is 18.2. The van der Waals surface area contributed by atoms with E-state index >= 15 is 0 Å². The number of anilines is 1. The number of primary amides is 1. The number of benzene rings is 1. The minimum absolute atomic E-state index is 0.0944. The number of rotatable bonds is 5. The molecule has 122 valence electrons. The number of nitrogens with zero attached hydrogens (tertiary/aromatic N) is 3. The molecular weight excluding hydrogens is 296 g/mol. The summed E-state index contributed by atoms with van der Waals surface area (Å²) >= 11 is 0. The van der Waals surface area contributed by atoms with Gasteiger partial charge in [0.2, 0.25) is 11.8 Å². The van der Waals surface area contributed by atoms with Crippen molar-refractivity contribution < 1.29 is 14.1 Å². The molecule has 0 aliphatic carbocycles. The number of hydrogen-bond acceptors (Lipinski definition) is 6. The molecule has 0 saturated carbocycles. The Morgan fingerprint density at radius 3 is 3.04 bits per heavy atom. The van der Waals surface area contributed by atoms with E-state index in [2.05, 4.69) is 15.0 Å². The Labute approximate surface area is 134 Å². The van der Waals surface area contributed by atoms with Crippen LogP contribution in [0.15, 0.2) is 28.8 Å². The summed E-state index contributed by atoms with van der Waals surface area (Å²) in [6.07, 6.45) is 0.676. The normalized spacial score (nSPS) is 18.5. The first-order valence-electron chi connectivity index (χ1n) is 7.58. The fourth-order valence-corrected chi connectivity index (χ4v) is 3.04. The Morgan fingerprint density at radius 1 is 1.52 bits per heavy atom. The molecule has 0 radical (unpaired) electrons. The van der Waals surface area contributed by atoms with Crippen molar-refractivity contribution in [2.45, 2.75) is 31.9 Å². The van der Waals surface area contributed by atoms with Crippen molar-refractivity contribution in [1.29, 1.82) is 0 Å². The van der Waals surface area contributed by atoms with Gasteiger partial charge in [-0.25, -0.2) is 0 Å². The highest BCUT2D eigenvalue weighted by Crippen LogP contribution is 2.39. The molecule has 3 rings (SSSR count). The third kappa shape index (κ3) is 2.92. The van der Waals surface area contributed by atoms with E-state index in [0.717, 1.165) is 11.3 Å². The lowest BCUT2D eigenvalue weighted by Gasteiger charge is -2.37. The Balaban J connectivity index is 1.90. The van der Waals surface area contributed by atoms with Gasteiger partial charge in [0.25, 0.3) is 0 Å². The maximum absolute atomic E-state index is 11.7. The lowest BCUT2D eigenvalue weighted by molar-refractivity contribution is -0.119. The molecule has 0 fully saturated rings. The number of hydrogen-bond donors (Lipinski definition) is 1. The van der Waals surface area contributed by atoms with Crippen LogP contribution in [0.25, 0.3) is 0 Å². The van der Waals surface area contributed by atoms with E-state index in [-0.39, 0.29) is 17.9 Å². The molecular formula is C16H20N4O3. The van der Waals surface area contributed by atoms with Crippen LogP contribution in [0.4, 0.5) is 5.69 Å². The molecule has 1 amide bonds. The molecule has 23 heavy (non-hydrogen) atoms. The maximum Gasteiger partial charge on any atom is 0.249 e. The zero-order chi connectivity index (χ0) is 16.4. The van der Waals surface area contributed by atoms with Crippen LogP contribution in [-0.2, 0) is 16.1 Å². The number of para-hydroxylation sites is 1. The lowest BCUT2D eigenvalue weighted by Crippen LogP contribution is -2.37. The molecule has 0 bridgehead atoms. The highest BCUT2D eigenvalue weighted by atomic mass is 16.5. The third-order valence-electron chi connectivity index (χ3n) is 4.21. The van der Waals surface area contributed by atoms with Crippen LogP contribution in [-0.4, -0.2) is 29.7 Å². The van der Waals surface area contributed by atoms with E-state index in [9.17, 15) is 4.79 Å². The second kappa shape index (κ2) is 6.37. The van der Waals surface area contributed by atoms with Gasteiger partial charge in [0.1, 0.15) is 12.6 Å². The fraction of sp³-hybridized carbons (Fsp3) is 0.438. The van der Waals surface area contributed by atoms with Crippen LogP contribution in [0.3, 0.4) is 0 Å². The summed E-state index contributed by atoms with van der Waals surface area (Å²) in [5.41, 5.74) is 7.48. The summed E-state index contributed by atoms with van der Waals surface area (Å²) < 4.78 is 10.4. The Kier molecular flexibility index (Phi) is 4.29. The van der Waals surface area contributed by atoms with Crippen molar-refractivity contribution in [1.82, 2.24) is 10.1 Å². The summed E-state index contributed by atoms with van der Waals surface area (Å²) in [5.74, 6) is 0.519. The van der Waals surface area contributed by atoms with Crippen LogP contribution in [0, 0.1) is 0 Å². The predicted octanol–water partition coefficient (Wildman–Crippen LogP) is 1.76. The molecule has 1 aliphatic rings. The van der Waals surface area contributed by atoms with E-state index in [1.807, 2.05) is 31.2 Å². The van der Waals surface area contributed by atoms with Gasteiger partial charge in [-0.3, -0.25) is 4.79 Å². The van der Waals surface area contributed by atoms with Gasteiger partial charge in [-0.1, -0.05) is 23.4 Å². The standard InChI is InChI=1S/C16H20N4O3/c1-10(16-18-14(9-22-2)19-23-16)20-8-7-12(15(17)21)11-5-3-4-6-13(11)20/h3-6,10,12H,7-9H2,1-2H3,(H2,17,21)/t10-,12-/m1/s1. The van der Waals surface area contributed by atoms with Gasteiger partial charge in [-0.2, -0.15) is 4.98 Å². The highest BCUT2D eigenvalue weighted by Gasteiger charge is 2.32. The quantitative estimate of drug-likeness (QED) is 0.903. The molecule has 1 aromatic heterocycles. The molecule has 0 spiro atoms. The van der Waals surface area contributed by atoms with E-state index in [1.165, 1.54) is 0 Å². The number of amides is 1. The van der Waals surface area contributed by atoms with Gasteiger partial charge in [-0.15, -0.1) is 0 Å². The van der Waals surface area contributed by atoms with Crippen LogP contribution in [0.2, 0.25) is 0 Å². The van der Waals surface area contributed by atoms with Crippen molar-refractivity contribution in [3.8, 4) is 0 Å². The largest absolute Gasteiger partial charge is 0.377 e. The van der Waals surface area contributed by atoms with Crippen molar-refractivity contribution in [2.75, 3.05) is 18.6 Å². The predicted molar refractivity (Wildman–Crippen MR) is 83.8 cm³/mol. The minimum Gasteiger partial charge on any atom is -0.377 e. The maximum atomic E-state index is 11.7. The van der Waals surface area contributed by atoms with Crippen molar-refractivity contribution in [3.05, 3.63) is 41.5 Å². The third-order valence-corrected chi connectivity index (χ3v) is 4.21. The van der Waals surface area contributed by atoms with Crippen LogP contribution in [0.1, 0.15) is 42.6 Å². The number of aromatic nitrogens is 2. The summed E-state index contributed by atoms with van der Waals surface area (Å²) in [5, 5.41) is 3.91. The first-order valence-corrected chi connectivity index (χ1v) is 7.58. The molecule has 2 atom stereocenters. The molecule has 2 N–H and O–H groups in total. The van der Waals surface area contributed by atoms with Crippen LogP contribution < -0.4 is 10.6 Å². The average Bonchev–Trinajstić information content (AvgIpc) is 3.02. The number of carbonyl (C=O) groups excluding carboxylic acids is 1. The highest BCUT2D eigenvalue weighted by molar-refractivity contribution is 5.85. The molecule has 2 aromatic rings. The molecule has 1 aliphatic heterocycles. The zero-order valence-corrected chi connectivity index (χ0v) is 13.2. The summed E-state index contributed by atoms with van der Waals surface area (Å²) in [6.45, 7) is 3.02. The average molecular weight is 316 g/mol. The van der Waals surface area contributed by atoms with E-state index in [0.29, 0.717) is 31.3 Å². The van der Waals surface area contributed by atoms with Gasteiger partial charge in [0.15, 0.2) is 5.82 Å². The summed E-state index contributed by atoms with van der Waals surface area (Å²) in [6, 6.07) is 7.72. The van der Waals surface area contributed by atoms with Crippen molar-refractivity contribution in [2.24, 2.45) is 5.73 Å². The van der Waals surface area contributed by atoms with Gasteiger partial charge in [-0.05, 0) is 25.0 Å². The van der Waals surface area contributed by atoms with Gasteiger partial charge in [0.05, 0.1) is 5.92 Å². The first-order chi connectivity index (χ1) is 11.1. The van der Waals surface area contributed by atoms with Crippen molar-refractivity contribution in [3.63, 3.8) is 0 Å². The molecule has 7 nitrogen and oxygen atoms in total. The minimum atomic E-state index is -0.287. The molecule has 0 saturated heterocycles. The van der Waals surface area contributed by atoms with Crippen LogP contribution in [0.5, 0.6) is 0 Å². The number of ether oxygens (including phenoxy) is 1. The number of nitrogens with two attached hydrogens (primary N) is 1. The number of carbonyl (C=O) groups is 1. The Bertz CT molecular complexity index is 700. The number of fused-ring (bicyclic) bond motifs is 1.